The second-order valence-electron chi connectivity index (χ2n) is 4.33. The monoisotopic (exact) mass is 314 g/mol. The molecule has 3 aromatic heterocycles. The molecular weight excluding hydrogens is 304 g/mol. The number of ether oxygens (including phenoxy) is 1. The normalized spacial score (nSPS) is 11.1. The second kappa shape index (κ2) is 4.94. The van der Waals surface area contributed by atoms with Crippen molar-refractivity contribution in [1.82, 2.24) is 19.8 Å². The van der Waals surface area contributed by atoms with Gasteiger partial charge in [-0.25, -0.2) is 0 Å². The fourth-order valence-electron chi connectivity index (χ4n) is 2.03. The van der Waals surface area contributed by atoms with Crippen molar-refractivity contribution in [2.24, 2.45) is 0 Å². The van der Waals surface area contributed by atoms with E-state index >= 15 is 0 Å². The Bertz CT molecular complexity index is 878. The van der Waals surface area contributed by atoms with Crippen LogP contribution in [0.1, 0.15) is 0 Å². The molecule has 0 saturated carbocycles. The number of aromatic nitrogens is 4. The Morgan fingerprint density at radius 1 is 1.10 bits per heavy atom. The predicted molar refractivity (Wildman–Crippen MR) is 84.0 cm³/mol. The Morgan fingerprint density at radius 3 is 2.67 bits per heavy atom. The van der Waals surface area contributed by atoms with Crippen LogP contribution in [-0.4, -0.2) is 26.9 Å². The molecule has 1 aromatic carbocycles. The van der Waals surface area contributed by atoms with Gasteiger partial charge in [0, 0.05) is 5.56 Å². The molecule has 0 aliphatic carbocycles. The summed E-state index contributed by atoms with van der Waals surface area (Å²) < 4.78 is 6.98. The lowest BCUT2D eigenvalue weighted by atomic mass is 10.2. The number of thiophene rings is 1. The van der Waals surface area contributed by atoms with Crippen LogP contribution in [0.2, 0.25) is 0 Å². The maximum atomic E-state index is 5.17. The lowest BCUT2D eigenvalue weighted by molar-refractivity contribution is 0.415. The van der Waals surface area contributed by atoms with Gasteiger partial charge in [0.15, 0.2) is 5.82 Å². The fraction of sp³-hybridized carbons (Fsp3) is 0.0714. The molecule has 0 fully saturated rings. The Hall–Kier alpha value is -2.25. The van der Waals surface area contributed by atoms with E-state index in [0.29, 0.717) is 0 Å². The third-order valence-electron chi connectivity index (χ3n) is 3.07. The zero-order valence-corrected chi connectivity index (χ0v) is 12.7. The van der Waals surface area contributed by atoms with Gasteiger partial charge in [-0.2, -0.15) is 9.61 Å². The van der Waals surface area contributed by atoms with E-state index in [-0.39, 0.29) is 0 Å². The first kappa shape index (κ1) is 12.5. The first-order valence-electron chi connectivity index (χ1n) is 6.26. The first-order chi connectivity index (χ1) is 10.3. The minimum absolute atomic E-state index is 0.788. The van der Waals surface area contributed by atoms with E-state index in [0.717, 1.165) is 32.0 Å². The molecule has 104 valence electrons. The number of benzene rings is 1. The summed E-state index contributed by atoms with van der Waals surface area (Å²) in [7, 11) is 1.66. The number of fused-ring (bicyclic) bond motifs is 1. The van der Waals surface area contributed by atoms with Crippen LogP contribution in [0, 0.1) is 0 Å². The van der Waals surface area contributed by atoms with E-state index in [1.165, 1.54) is 11.3 Å². The zero-order valence-electron chi connectivity index (χ0n) is 11.1. The van der Waals surface area contributed by atoms with Gasteiger partial charge in [-0.05, 0) is 35.7 Å². The van der Waals surface area contributed by atoms with Crippen molar-refractivity contribution in [3.8, 4) is 27.0 Å². The lowest BCUT2D eigenvalue weighted by Gasteiger charge is -1.99. The minimum Gasteiger partial charge on any atom is -0.497 e. The molecule has 3 heterocycles. The van der Waals surface area contributed by atoms with E-state index in [1.54, 1.807) is 23.0 Å². The average molecular weight is 314 g/mol. The average Bonchev–Trinajstić information content (AvgIpc) is 3.23. The maximum Gasteiger partial charge on any atom is 0.235 e. The summed E-state index contributed by atoms with van der Waals surface area (Å²) >= 11 is 3.15. The number of methoxy groups -OCH3 is 1. The minimum atomic E-state index is 0.788. The predicted octanol–water partition coefficient (Wildman–Crippen LogP) is 3.59. The Labute approximate surface area is 128 Å². The van der Waals surface area contributed by atoms with E-state index in [1.807, 2.05) is 41.8 Å². The van der Waals surface area contributed by atoms with Crippen molar-refractivity contribution in [3.63, 3.8) is 0 Å². The molecule has 0 N–H and O–H groups in total. The van der Waals surface area contributed by atoms with Gasteiger partial charge in [0.1, 0.15) is 10.8 Å². The molecule has 7 heteroatoms. The zero-order chi connectivity index (χ0) is 14.2. The van der Waals surface area contributed by atoms with Crippen molar-refractivity contribution >= 4 is 27.6 Å². The van der Waals surface area contributed by atoms with Gasteiger partial charge < -0.3 is 4.74 Å². The van der Waals surface area contributed by atoms with Crippen molar-refractivity contribution in [2.45, 2.75) is 0 Å². The van der Waals surface area contributed by atoms with Crippen LogP contribution < -0.4 is 4.74 Å². The summed E-state index contributed by atoms with van der Waals surface area (Å²) in [4.78, 5) is 1.86. The van der Waals surface area contributed by atoms with Gasteiger partial charge in [-0.15, -0.1) is 21.5 Å². The van der Waals surface area contributed by atoms with E-state index in [4.69, 9.17) is 4.74 Å². The van der Waals surface area contributed by atoms with Gasteiger partial charge in [0.2, 0.25) is 4.96 Å². The Kier molecular flexibility index (Phi) is 2.94. The summed E-state index contributed by atoms with van der Waals surface area (Å²) in [5.74, 6) is 1.62. The summed E-state index contributed by atoms with van der Waals surface area (Å²) in [5, 5.41) is 16.0. The smallest absolute Gasteiger partial charge is 0.235 e. The topological polar surface area (TPSA) is 52.3 Å². The van der Waals surface area contributed by atoms with E-state index in [9.17, 15) is 0 Å². The molecule has 0 radical (unpaired) electrons. The van der Waals surface area contributed by atoms with Crippen LogP contribution >= 0.6 is 22.7 Å². The molecule has 0 aliphatic heterocycles. The molecule has 4 aromatic rings. The van der Waals surface area contributed by atoms with Crippen molar-refractivity contribution < 1.29 is 4.74 Å². The Balaban J connectivity index is 1.80. The second-order valence-corrected chi connectivity index (χ2v) is 6.23. The highest BCUT2D eigenvalue weighted by atomic mass is 32.1. The molecule has 21 heavy (non-hydrogen) atoms. The van der Waals surface area contributed by atoms with Crippen LogP contribution in [0.4, 0.5) is 0 Å². The van der Waals surface area contributed by atoms with Gasteiger partial charge in [0.25, 0.3) is 0 Å². The number of hydrogen-bond acceptors (Lipinski definition) is 6. The highest BCUT2D eigenvalue weighted by Gasteiger charge is 2.14. The van der Waals surface area contributed by atoms with Crippen LogP contribution in [-0.2, 0) is 0 Å². The first-order valence-corrected chi connectivity index (χ1v) is 7.95. The summed E-state index contributed by atoms with van der Waals surface area (Å²) in [6, 6.07) is 11.9. The van der Waals surface area contributed by atoms with Crippen LogP contribution in [0.15, 0.2) is 41.8 Å². The molecule has 0 bridgehead atoms. The number of nitrogens with zero attached hydrogens (tertiary/aromatic N) is 4. The third-order valence-corrected chi connectivity index (χ3v) is 4.88. The molecule has 0 aliphatic rings. The molecule has 0 atom stereocenters. The van der Waals surface area contributed by atoms with Crippen LogP contribution in [0.25, 0.3) is 26.2 Å². The molecule has 4 rings (SSSR count). The summed E-state index contributed by atoms with van der Waals surface area (Å²) in [6.07, 6.45) is 0. The summed E-state index contributed by atoms with van der Waals surface area (Å²) in [6.45, 7) is 0. The standard InChI is InChI=1S/C14H10N4OS2/c1-19-10-6-4-9(5-7-10)13-17-18-12(11-3-2-8-20-11)15-16-14(18)21-13/h2-8H,1H3. The van der Waals surface area contributed by atoms with Gasteiger partial charge >= 0.3 is 0 Å². The van der Waals surface area contributed by atoms with Crippen molar-refractivity contribution in [2.75, 3.05) is 7.11 Å². The molecular formula is C14H10N4OS2. The number of hydrogen-bond donors (Lipinski definition) is 0. The largest absolute Gasteiger partial charge is 0.497 e. The van der Waals surface area contributed by atoms with Crippen molar-refractivity contribution in [1.29, 1.82) is 0 Å². The Morgan fingerprint density at radius 2 is 1.95 bits per heavy atom. The van der Waals surface area contributed by atoms with E-state index < -0.39 is 0 Å². The van der Waals surface area contributed by atoms with Crippen LogP contribution in [0.5, 0.6) is 5.75 Å². The quantitative estimate of drug-likeness (QED) is 0.580. The molecule has 5 nitrogen and oxygen atoms in total. The number of rotatable bonds is 3. The summed E-state index contributed by atoms with van der Waals surface area (Å²) in [5.41, 5.74) is 1.04. The van der Waals surface area contributed by atoms with Crippen molar-refractivity contribution in [3.05, 3.63) is 41.8 Å². The third kappa shape index (κ3) is 2.10. The molecule has 0 amide bonds. The van der Waals surface area contributed by atoms with Gasteiger partial charge in [-0.3, -0.25) is 0 Å². The fourth-order valence-corrected chi connectivity index (χ4v) is 3.56. The SMILES string of the molecule is COc1ccc(-c2nn3c(-c4cccs4)nnc3s2)cc1. The highest BCUT2D eigenvalue weighted by Crippen LogP contribution is 2.30. The molecule has 0 unspecified atom stereocenters. The molecule has 0 saturated heterocycles. The molecule has 0 spiro atoms. The van der Waals surface area contributed by atoms with E-state index in [2.05, 4.69) is 15.3 Å². The maximum absolute atomic E-state index is 5.17. The van der Waals surface area contributed by atoms with Crippen LogP contribution in [0.3, 0.4) is 0 Å². The van der Waals surface area contributed by atoms with Gasteiger partial charge in [-0.1, -0.05) is 17.4 Å². The van der Waals surface area contributed by atoms with Gasteiger partial charge in [0.05, 0.1) is 12.0 Å². The lowest BCUT2D eigenvalue weighted by Crippen LogP contribution is -1.89. The highest BCUT2D eigenvalue weighted by molar-refractivity contribution is 7.19.